The lowest BCUT2D eigenvalue weighted by atomic mass is 10.2. The van der Waals surface area contributed by atoms with Crippen molar-refractivity contribution in [3.63, 3.8) is 0 Å². The molecule has 0 aliphatic carbocycles. The lowest BCUT2D eigenvalue weighted by molar-refractivity contribution is 0.273. The van der Waals surface area contributed by atoms with Crippen molar-refractivity contribution >= 4 is 11.4 Å². The van der Waals surface area contributed by atoms with Gasteiger partial charge in [0.05, 0.1) is 23.8 Å². The molecule has 2 aliphatic heterocycles. The maximum atomic E-state index is 4.38. The molecule has 1 aromatic heterocycles. The number of pyridine rings is 1. The van der Waals surface area contributed by atoms with Crippen molar-refractivity contribution in [2.24, 2.45) is 0 Å². The summed E-state index contributed by atoms with van der Waals surface area (Å²) >= 11 is 0. The number of anilines is 2. The predicted octanol–water partition coefficient (Wildman–Crippen LogP) is 2.19. The van der Waals surface area contributed by atoms with Crippen LogP contribution in [0.15, 0.2) is 18.5 Å². The van der Waals surface area contributed by atoms with Crippen LogP contribution in [0.25, 0.3) is 0 Å². The summed E-state index contributed by atoms with van der Waals surface area (Å²) in [6, 6.07) is 2.99. The lowest BCUT2D eigenvalue weighted by Gasteiger charge is -2.27. The lowest BCUT2D eigenvalue weighted by Crippen LogP contribution is -2.36. The van der Waals surface area contributed by atoms with Crippen LogP contribution in [0.3, 0.4) is 0 Å². The van der Waals surface area contributed by atoms with Crippen LogP contribution in [-0.2, 0) is 0 Å². The summed E-state index contributed by atoms with van der Waals surface area (Å²) in [6.45, 7) is 7.95. The standard InChI is InChI=1S/C15H24N4/c1-2-17-13-9-15(11-16-10-13)19-8-4-7-18-6-3-5-14(18)12-19/h9-11,14,17H,2-8,12H2,1H3. The smallest absolute Gasteiger partial charge is 0.0574 e. The molecule has 1 atom stereocenters. The molecule has 0 amide bonds. The summed E-state index contributed by atoms with van der Waals surface area (Å²) in [5.74, 6) is 0. The van der Waals surface area contributed by atoms with Crippen molar-refractivity contribution in [2.45, 2.75) is 32.2 Å². The highest BCUT2D eigenvalue weighted by Gasteiger charge is 2.28. The average molecular weight is 260 g/mol. The summed E-state index contributed by atoms with van der Waals surface area (Å²) in [6.07, 6.45) is 7.91. The molecule has 2 aliphatic rings. The molecule has 2 fully saturated rings. The molecule has 0 spiro atoms. The fraction of sp³-hybridized carbons (Fsp3) is 0.667. The number of fused-ring (bicyclic) bond motifs is 1. The monoisotopic (exact) mass is 260 g/mol. The third-order valence-corrected chi connectivity index (χ3v) is 4.27. The SMILES string of the molecule is CCNc1cncc(N2CCCN3CCCC3C2)c1. The van der Waals surface area contributed by atoms with E-state index in [4.69, 9.17) is 0 Å². The second-order valence-corrected chi connectivity index (χ2v) is 5.59. The highest BCUT2D eigenvalue weighted by Crippen LogP contribution is 2.25. The second kappa shape index (κ2) is 5.78. The molecule has 3 rings (SSSR count). The first kappa shape index (κ1) is 12.7. The second-order valence-electron chi connectivity index (χ2n) is 5.59. The van der Waals surface area contributed by atoms with E-state index in [2.05, 4.69) is 33.1 Å². The van der Waals surface area contributed by atoms with Crippen LogP contribution in [0.5, 0.6) is 0 Å². The quantitative estimate of drug-likeness (QED) is 0.902. The van der Waals surface area contributed by atoms with Gasteiger partial charge in [0.2, 0.25) is 0 Å². The van der Waals surface area contributed by atoms with Crippen molar-refractivity contribution in [1.82, 2.24) is 9.88 Å². The third-order valence-electron chi connectivity index (χ3n) is 4.27. The zero-order chi connectivity index (χ0) is 13.1. The molecular formula is C15H24N4. The van der Waals surface area contributed by atoms with Gasteiger partial charge in [0.15, 0.2) is 0 Å². The Labute approximate surface area is 115 Å². The van der Waals surface area contributed by atoms with Gasteiger partial charge >= 0.3 is 0 Å². The molecule has 1 N–H and O–H groups in total. The fourth-order valence-electron chi connectivity index (χ4n) is 3.34. The number of hydrogen-bond donors (Lipinski definition) is 1. The first-order valence-electron chi connectivity index (χ1n) is 7.54. The van der Waals surface area contributed by atoms with Crippen LogP contribution >= 0.6 is 0 Å². The van der Waals surface area contributed by atoms with Gasteiger partial charge in [-0.15, -0.1) is 0 Å². The largest absolute Gasteiger partial charge is 0.384 e. The van der Waals surface area contributed by atoms with E-state index < -0.39 is 0 Å². The van der Waals surface area contributed by atoms with E-state index in [-0.39, 0.29) is 0 Å². The van der Waals surface area contributed by atoms with Crippen LogP contribution in [0.4, 0.5) is 11.4 Å². The Bertz CT molecular complexity index is 420. The maximum absolute atomic E-state index is 4.38. The van der Waals surface area contributed by atoms with Gasteiger partial charge in [0.25, 0.3) is 0 Å². The molecule has 0 aromatic carbocycles. The third kappa shape index (κ3) is 2.84. The Balaban J connectivity index is 1.75. The van der Waals surface area contributed by atoms with E-state index in [1.165, 1.54) is 38.0 Å². The highest BCUT2D eigenvalue weighted by atomic mass is 15.3. The molecular weight excluding hydrogens is 236 g/mol. The number of aromatic nitrogens is 1. The van der Waals surface area contributed by atoms with Crippen LogP contribution in [0.1, 0.15) is 26.2 Å². The molecule has 0 saturated carbocycles. The molecule has 1 unspecified atom stereocenters. The molecule has 1 aromatic rings. The Morgan fingerprint density at radius 1 is 1.26 bits per heavy atom. The molecule has 0 bridgehead atoms. The summed E-state index contributed by atoms with van der Waals surface area (Å²) in [5.41, 5.74) is 2.40. The Hall–Kier alpha value is -1.29. The summed E-state index contributed by atoms with van der Waals surface area (Å²) in [7, 11) is 0. The van der Waals surface area contributed by atoms with Crippen LogP contribution in [0, 0.1) is 0 Å². The molecule has 3 heterocycles. The van der Waals surface area contributed by atoms with E-state index in [9.17, 15) is 0 Å². The molecule has 0 radical (unpaired) electrons. The van der Waals surface area contributed by atoms with E-state index >= 15 is 0 Å². The summed E-state index contributed by atoms with van der Waals surface area (Å²) < 4.78 is 0. The van der Waals surface area contributed by atoms with E-state index in [0.29, 0.717) is 0 Å². The van der Waals surface area contributed by atoms with Crippen LogP contribution in [0.2, 0.25) is 0 Å². The van der Waals surface area contributed by atoms with E-state index in [1.54, 1.807) is 0 Å². The van der Waals surface area contributed by atoms with Crippen molar-refractivity contribution in [2.75, 3.05) is 42.9 Å². The zero-order valence-corrected chi connectivity index (χ0v) is 11.8. The molecule has 104 valence electrons. The van der Waals surface area contributed by atoms with Gasteiger partial charge in [-0.3, -0.25) is 9.88 Å². The molecule has 4 nitrogen and oxygen atoms in total. The summed E-state index contributed by atoms with van der Waals surface area (Å²) in [5, 5.41) is 3.35. The Morgan fingerprint density at radius 2 is 2.16 bits per heavy atom. The van der Waals surface area contributed by atoms with Gasteiger partial charge in [-0.25, -0.2) is 0 Å². The van der Waals surface area contributed by atoms with Crippen molar-refractivity contribution in [3.05, 3.63) is 18.5 Å². The highest BCUT2D eigenvalue weighted by molar-refractivity contribution is 5.55. The van der Waals surface area contributed by atoms with Gasteiger partial charge in [-0.1, -0.05) is 0 Å². The number of nitrogens with one attached hydrogen (secondary N) is 1. The van der Waals surface area contributed by atoms with Gasteiger partial charge in [0, 0.05) is 32.2 Å². The Kier molecular flexibility index (Phi) is 3.87. The summed E-state index contributed by atoms with van der Waals surface area (Å²) in [4.78, 5) is 9.56. The van der Waals surface area contributed by atoms with Crippen molar-refractivity contribution in [3.8, 4) is 0 Å². The average Bonchev–Trinajstić information content (AvgIpc) is 2.77. The van der Waals surface area contributed by atoms with E-state index in [1.807, 2.05) is 12.4 Å². The normalized spacial score (nSPS) is 24.1. The minimum atomic E-state index is 0.755. The van der Waals surface area contributed by atoms with E-state index in [0.717, 1.165) is 31.4 Å². The number of rotatable bonds is 3. The van der Waals surface area contributed by atoms with Crippen molar-refractivity contribution < 1.29 is 0 Å². The first-order valence-corrected chi connectivity index (χ1v) is 7.54. The van der Waals surface area contributed by atoms with Gasteiger partial charge in [0.1, 0.15) is 0 Å². The maximum Gasteiger partial charge on any atom is 0.0574 e. The topological polar surface area (TPSA) is 31.4 Å². The molecule has 4 heteroatoms. The zero-order valence-electron chi connectivity index (χ0n) is 11.8. The fourth-order valence-corrected chi connectivity index (χ4v) is 3.34. The van der Waals surface area contributed by atoms with Gasteiger partial charge in [-0.2, -0.15) is 0 Å². The van der Waals surface area contributed by atoms with Crippen LogP contribution < -0.4 is 10.2 Å². The Morgan fingerprint density at radius 3 is 3.05 bits per heavy atom. The number of hydrogen-bond acceptors (Lipinski definition) is 4. The number of nitrogens with zero attached hydrogens (tertiary/aromatic N) is 3. The van der Waals surface area contributed by atoms with Gasteiger partial charge in [-0.05, 0) is 38.8 Å². The van der Waals surface area contributed by atoms with Crippen molar-refractivity contribution in [1.29, 1.82) is 0 Å². The van der Waals surface area contributed by atoms with Crippen LogP contribution in [-0.4, -0.2) is 48.6 Å². The first-order chi connectivity index (χ1) is 9.36. The molecule has 19 heavy (non-hydrogen) atoms. The van der Waals surface area contributed by atoms with Gasteiger partial charge < -0.3 is 10.2 Å². The minimum absolute atomic E-state index is 0.755. The minimum Gasteiger partial charge on any atom is -0.384 e. The predicted molar refractivity (Wildman–Crippen MR) is 79.8 cm³/mol. The molecule has 2 saturated heterocycles.